The summed E-state index contributed by atoms with van der Waals surface area (Å²) in [5.74, 6) is -1.10. The molecule has 0 fully saturated rings. The Morgan fingerprint density at radius 2 is 2.21 bits per heavy atom. The third-order valence-corrected chi connectivity index (χ3v) is 3.52. The predicted molar refractivity (Wildman–Crippen MR) is 69.7 cm³/mol. The van der Waals surface area contributed by atoms with E-state index < -0.39 is 11.8 Å². The Labute approximate surface area is 117 Å². The minimum atomic E-state index is -0.609. The Kier molecular flexibility index (Phi) is 4.01. The number of benzene rings is 1. The summed E-state index contributed by atoms with van der Waals surface area (Å²) < 4.78 is 23.3. The number of hydrogen-bond donors (Lipinski definition) is 0. The first-order valence-electron chi connectivity index (χ1n) is 5.20. The molecule has 2 aromatic rings. The Bertz CT molecular complexity index is 629. The van der Waals surface area contributed by atoms with Crippen molar-refractivity contribution in [3.05, 3.63) is 39.6 Å². The topological polar surface area (TPSA) is 48.4 Å². The normalized spacial score (nSPS) is 10.3. The summed E-state index contributed by atoms with van der Waals surface area (Å²) in [6.45, 7) is 1.81. The van der Waals surface area contributed by atoms with Crippen LogP contribution in [-0.4, -0.2) is 18.1 Å². The highest BCUT2D eigenvalue weighted by atomic mass is 35.5. The van der Waals surface area contributed by atoms with Crippen LogP contribution in [0.25, 0.3) is 0 Å². The van der Waals surface area contributed by atoms with Gasteiger partial charge >= 0.3 is 5.97 Å². The lowest BCUT2D eigenvalue weighted by molar-refractivity contribution is 0.0606. The minimum absolute atomic E-state index is 0.0279. The highest BCUT2D eigenvalue weighted by Crippen LogP contribution is 2.33. The maximum Gasteiger partial charge on any atom is 0.351 e. The average molecular weight is 302 g/mol. The number of hydrogen-bond acceptors (Lipinski definition) is 5. The molecule has 0 saturated carbocycles. The standard InChI is InChI=1S/C12H9ClFNO3S/c1-6-3-4-7(14)8(5-6)18-12-15-10(13)9(19-12)11(16)17-2/h3-5H,1-2H3. The van der Waals surface area contributed by atoms with Gasteiger partial charge in [-0.15, -0.1) is 0 Å². The Morgan fingerprint density at radius 1 is 1.47 bits per heavy atom. The molecule has 0 amide bonds. The van der Waals surface area contributed by atoms with Crippen LogP contribution in [0.1, 0.15) is 15.2 Å². The molecule has 4 nitrogen and oxygen atoms in total. The van der Waals surface area contributed by atoms with Crippen molar-refractivity contribution in [1.82, 2.24) is 4.98 Å². The summed E-state index contributed by atoms with van der Waals surface area (Å²) in [6.07, 6.45) is 0. The smallest absolute Gasteiger partial charge is 0.351 e. The highest BCUT2D eigenvalue weighted by molar-refractivity contribution is 7.15. The zero-order valence-corrected chi connectivity index (χ0v) is 11.6. The van der Waals surface area contributed by atoms with E-state index in [4.69, 9.17) is 16.3 Å². The van der Waals surface area contributed by atoms with E-state index in [0.717, 1.165) is 16.9 Å². The van der Waals surface area contributed by atoms with Crippen molar-refractivity contribution in [3.63, 3.8) is 0 Å². The number of carbonyl (C=O) groups is 1. The van der Waals surface area contributed by atoms with Gasteiger partial charge in [-0.05, 0) is 24.6 Å². The summed E-state index contributed by atoms with van der Waals surface area (Å²) in [5.41, 5.74) is 0.840. The van der Waals surface area contributed by atoms with E-state index in [1.54, 1.807) is 13.0 Å². The summed E-state index contributed by atoms with van der Waals surface area (Å²) >= 11 is 6.68. The van der Waals surface area contributed by atoms with Gasteiger partial charge in [0, 0.05) is 0 Å². The molecule has 0 N–H and O–H groups in total. The number of nitrogens with zero attached hydrogens (tertiary/aromatic N) is 1. The predicted octanol–water partition coefficient (Wildman–Crippen LogP) is 3.82. The third kappa shape index (κ3) is 3.02. The van der Waals surface area contributed by atoms with Crippen molar-refractivity contribution >= 4 is 28.9 Å². The monoisotopic (exact) mass is 301 g/mol. The number of esters is 1. The molecule has 0 aliphatic carbocycles. The van der Waals surface area contributed by atoms with Gasteiger partial charge in [0.25, 0.3) is 5.19 Å². The molecule has 7 heteroatoms. The fraction of sp³-hybridized carbons (Fsp3) is 0.167. The molecule has 0 spiro atoms. The summed E-state index contributed by atoms with van der Waals surface area (Å²) in [6, 6.07) is 4.44. The molecule has 1 heterocycles. The van der Waals surface area contributed by atoms with Gasteiger partial charge in [-0.25, -0.2) is 9.18 Å². The second-order valence-corrected chi connectivity index (χ2v) is 4.95. The molecule has 2 rings (SSSR count). The Balaban J connectivity index is 2.29. The number of thiazole rings is 1. The van der Waals surface area contributed by atoms with Crippen LogP contribution in [-0.2, 0) is 4.74 Å². The third-order valence-electron chi connectivity index (χ3n) is 2.22. The first-order chi connectivity index (χ1) is 9.01. The summed E-state index contributed by atoms with van der Waals surface area (Å²) in [7, 11) is 1.24. The van der Waals surface area contributed by atoms with Crippen molar-refractivity contribution in [3.8, 4) is 10.9 Å². The Morgan fingerprint density at radius 3 is 2.89 bits per heavy atom. The van der Waals surface area contributed by atoms with E-state index in [-0.39, 0.29) is 21.0 Å². The van der Waals surface area contributed by atoms with E-state index >= 15 is 0 Å². The minimum Gasteiger partial charge on any atom is -0.465 e. The molecule has 19 heavy (non-hydrogen) atoms. The van der Waals surface area contributed by atoms with Crippen LogP contribution in [0.3, 0.4) is 0 Å². The molecule has 100 valence electrons. The van der Waals surface area contributed by atoms with Crippen molar-refractivity contribution < 1.29 is 18.7 Å². The van der Waals surface area contributed by atoms with Crippen LogP contribution < -0.4 is 4.74 Å². The van der Waals surface area contributed by atoms with Gasteiger partial charge < -0.3 is 9.47 Å². The van der Waals surface area contributed by atoms with Gasteiger partial charge in [0.2, 0.25) is 0 Å². The van der Waals surface area contributed by atoms with E-state index in [1.165, 1.54) is 19.2 Å². The van der Waals surface area contributed by atoms with Crippen LogP contribution in [0.15, 0.2) is 18.2 Å². The maximum atomic E-state index is 13.5. The van der Waals surface area contributed by atoms with Gasteiger partial charge in [-0.2, -0.15) is 4.98 Å². The van der Waals surface area contributed by atoms with Crippen LogP contribution in [0.5, 0.6) is 10.9 Å². The number of rotatable bonds is 3. The van der Waals surface area contributed by atoms with Gasteiger partial charge in [0.05, 0.1) is 7.11 Å². The molecule has 0 aliphatic heterocycles. The molecular formula is C12H9ClFNO3S. The van der Waals surface area contributed by atoms with Crippen LogP contribution in [0.2, 0.25) is 5.15 Å². The molecule has 0 bridgehead atoms. The SMILES string of the molecule is COC(=O)c1sc(Oc2cc(C)ccc2F)nc1Cl. The van der Waals surface area contributed by atoms with Crippen LogP contribution in [0.4, 0.5) is 4.39 Å². The molecule has 0 aliphatic rings. The van der Waals surface area contributed by atoms with Gasteiger partial charge in [-0.1, -0.05) is 29.0 Å². The summed E-state index contributed by atoms with van der Waals surface area (Å²) in [5, 5.41) is 0.0508. The Hall–Kier alpha value is -1.66. The van der Waals surface area contributed by atoms with Crippen molar-refractivity contribution in [2.75, 3.05) is 7.11 Å². The number of aryl methyl sites for hydroxylation is 1. The number of halogens is 2. The zero-order chi connectivity index (χ0) is 14.0. The summed E-state index contributed by atoms with van der Waals surface area (Å²) in [4.78, 5) is 15.3. The van der Waals surface area contributed by atoms with Crippen LogP contribution >= 0.6 is 22.9 Å². The number of aromatic nitrogens is 1. The van der Waals surface area contributed by atoms with Gasteiger partial charge in [0.15, 0.2) is 21.6 Å². The van der Waals surface area contributed by atoms with Crippen LogP contribution in [0, 0.1) is 12.7 Å². The lowest BCUT2D eigenvalue weighted by atomic mass is 10.2. The molecule has 0 saturated heterocycles. The van der Waals surface area contributed by atoms with E-state index in [1.807, 2.05) is 0 Å². The fourth-order valence-electron chi connectivity index (χ4n) is 1.33. The molecule has 1 aromatic heterocycles. The van der Waals surface area contributed by atoms with Gasteiger partial charge in [0.1, 0.15) is 0 Å². The lowest BCUT2D eigenvalue weighted by Crippen LogP contribution is -1.98. The van der Waals surface area contributed by atoms with Crippen molar-refractivity contribution in [2.45, 2.75) is 6.92 Å². The second-order valence-electron chi connectivity index (χ2n) is 3.63. The molecule has 0 atom stereocenters. The number of carbonyl (C=O) groups excluding carboxylic acids is 1. The number of methoxy groups -OCH3 is 1. The highest BCUT2D eigenvalue weighted by Gasteiger charge is 2.19. The first kappa shape index (κ1) is 13.8. The largest absolute Gasteiger partial charge is 0.465 e. The lowest BCUT2D eigenvalue weighted by Gasteiger charge is -2.03. The van der Waals surface area contributed by atoms with Gasteiger partial charge in [-0.3, -0.25) is 0 Å². The quantitative estimate of drug-likeness (QED) is 0.809. The van der Waals surface area contributed by atoms with E-state index in [9.17, 15) is 9.18 Å². The number of ether oxygens (including phenoxy) is 2. The maximum absolute atomic E-state index is 13.5. The molecule has 1 aromatic carbocycles. The molecule has 0 radical (unpaired) electrons. The first-order valence-corrected chi connectivity index (χ1v) is 6.39. The van der Waals surface area contributed by atoms with Crippen molar-refractivity contribution in [1.29, 1.82) is 0 Å². The second kappa shape index (κ2) is 5.54. The molecular weight excluding hydrogens is 293 g/mol. The zero-order valence-electron chi connectivity index (χ0n) is 10.1. The van der Waals surface area contributed by atoms with E-state index in [2.05, 4.69) is 9.72 Å². The fourth-order valence-corrected chi connectivity index (χ4v) is 2.39. The molecule has 0 unspecified atom stereocenters. The van der Waals surface area contributed by atoms with E-state index in [0.29, 0.717) is 0 Å². The average Bonchev–Trinajstić information content (AvgIpc) is 2.74. The van der Waals surface area contributed by atoms with Crippen molar-refractivity contribution in [2.24, 2.45) is 0 Å².